The van der Waals surface area contributed by atoms with E-state index in [1.165, 1.54) is 22.3 Å². The maximum atomic E-state index is 5.39. The van der Waals surface area contributed by atoms with Crippen molar-refractivity contribution < 1.29 is 4.74 Å². The molecule has 2 aromatic carbocycles. The van der Waals surface area contributed by atoms with Gasteiger partial charge >= 0.3 is 0 Å². The van der Waals surface area contributed by atoms with E-state index in [0.717, 1.165) is 16.0 Å². The van der Waals surface area contributed by atoms with Gasteiger partial charge in [0.25, 0.3) is 0 Å². The topological polar surface area (TPSA) is 14.2 Å². The van der Waals surface area contributed by atoms with Gasteiger partial charge in [-0.05, 0) is 43.2 Å². The van der Waals surface area contributed by atoms with Crippen molar-refractivity contribution >= 4 is 23.5 Å². The highest BCUT2D eigenvalue weighted by Crippen LogP contribution is 2.35. The molecule has 20 heavy (non-hydrogen) atoms. The lowest BCUT2D eigenvalue weighted by Gasteiger charge is -2.13. The highest BCUT2D eigenvalue weighted by Gasteiger charge is 2.13. The first-order valence-electron chi connectivity index (χ1n) is 6.57. The first kappa shape index (κ1) is 13.1. The summed E-state index contributed by atoms with van der Waals surface area (Å²) in [5.41, 5.74) is 4.82. The Bertz CT molecular complexity index is 789. The second-order valence-corrected chi connectivity index (χ2v) is 5.43. The average Bonchev–Trinajstić information content (AvgIpc) is 2.89. The number of fused-ring (bicyclic) bond motifs is 1. The van der Waals surface area contributed by atoms with Crippen LogP contribution in [-0.4, -0.2) is 11.7 Å². The Morgan fingerprint density at radius 2 is 1.80 bits per heavy atom. The van der Waals surface area contributed by atoms with Crippen LogP contribution in [0.15, 0.2) is 47.5 Å². The molecule has 0 saturated carbocycles. The molecule has 3 rings (SSSR count). The maximum absolute atomic E-state index is 5.39. The second kappa shape index (κ2) is 4.91. The fraction of sp³-hybridized carbons (Fsp3) is 0.176. The summed E-state index contributed by atoms with van der Waals surface area (Å²) in [5, 5.41) is 1.12. The van der Waals surface area contributed by atoms with E-state index in [4.69, 9.17) is 4.74 Å². The smallest absolute Gasteiger partial charge is 0.133 e. The van der Waals surface area contributed by atoms with E-state index in [2.05, 4.69) is 67.6 Å². The van der Waals surface area contributed by atoms with Crippen molar-refractivity contribution in [2.24, 2.45) is 0 Å². The summed E-state index contributed by atoms with van der Waals surface area (Å²) in [6, 6.07) is 12.5. The molecule has 2 nitrogen and oxygen atoms in total. The molecule has 0 unspecified atom stereocenters. The highest BCUT2D eigenvalue weighted by molar-refractivity contribution is 7.80. The predicted octanol–water partition coefficient (Wildman–Crippen LogP) is 4.54. The Morgan fingerprint density at radius 3 is 2.50 bits per heavy atom. The number of rotatable bonds is 2. The van der Waals surface area contributed by atoms with Crippen LogP contribution in [0.1, 0.15) is 11.1 Å². The Labute approximate surface area is 124 Å². The van der Waals surface area contributed by atoms with E-state index < -0.39 is 0 Å². The Morgan fingerprint density at radius 1 is 1.05 bits per heavy atom. The van der Waals surface area contributed by atoms with Crippen molar-refractivity contribution in [3.8, 4) is 11.4 Å². The largest absolute Gasteiger partial charge is 0.496 e. The van der Waals surface area contributed by atoms with Crippen molar-refractivity contribution in [3.63, 3.8) is 0 Å². The van der Waals surface area contributed by atoms with Gasteiger partial charge in [-0.2, -0.15) is 0 Å². The third-order valence-corrected chi connectivity index (χ3v) is 4.15. The van der Waals surface area contributed by atoms with Gasteiger partial charge in [0, 0.05) is 17.3 Å². The van der Waals surface area contributed by atoms with E-state index in [0.29, 0.717) is 0 Å². The Kier molecular flexibility index (Phi) is 3.22. The van der Waals surface area contributed by atoms with Gasteiger partial charge < -0.3 is 9.30 Å². The molecule has 0 spiro atoms. The fourth-order valence-corrected chi connectivity index (χ4v) is 3.02. The van der Waals surface area contributed by atoms with E-state index in [1.807, 2.05) is 6.07 Å². The van der Waals surface area contributed by atoms with Gasteiger partial charge in [-0.25, -0.2) is 0 Å². The molecule has 0 amide bonds. The fourth-order valence-electron chi connectivity index (χ4n) is 2.68. The molecule has 1 aromatic heterocycles. The molecule has 0 radical (unpaired) electrons. The van der Waals surface area contributed by atoms with Crippen LogP contribution in [0, 0.1) is 13.8 Å². The molecule has 0 N–H and O–H groups in total. The minimum atomic E-state index is 0.820. The number of nitrogens with zero attached hydrogens (tertiary/aromatic N) is 1. The average molecular weight is 283 g/mol. The number of para-hydroxylation sites is 1. The van der Waals surface area contributed by atoms with E-state index in [-0.39, 0.29) is 0 Å². The number of aromatic nitrogens is 1. The number of methoxy groups -OCH3 is 1. The lowest BCUT2D eigenvalue weighted by molar-refractivity contribution is 0.406. The molecule has 0 bridgehead atoms. The molecule has 0 aliphatic heterocycles. The highest BCUT2D eigenvalue weighted by atomic mass is 32.1. The van der Waals surface area contributed by atoms with Crippen molar-refractivity contribution in [3.05, 3.63) is 53.7 Å². The number of hydrogen-bond acceptors (Lipinski definition) is 2. The van der Waals surface area contributed by atoms with Gasteiger partial charge in [0.05, 0.1) is 17.5 Å². The van der Waals surface area contributed by atoms with Crippen LogP contribution in [0.4, 0.5) is 0 Å². The first-order chi connectivity index (χ1) is 9.63. The van der Waals surface area contributed by atoms with Gasteiger partial charge in [0.1, 0.15) is 5.75 Å². The van der Waals surface area contributed by atoms with Crippen molar-refractivity contribution in [2.45, 2.75) is 18.7 Å². The number of thiol groups is 1. The Hall–Kier alpha value is -1.87. The van der Waals surface area contributed by atoms with Crippen LogP contribution >= 0.6 is 12.6 Å². The van der Waals surface area contributed by atoms with Gasteiger partial charge in [-0.15, -0.1) is 12.6 Å². The molecule has 0 atom stereocenters. The standard InChI is InChI=1S/C17H17NOS/c1-11-6-4-5-7-14(11)18-9-8-13-16(18)12(2)10-15(19-3)17(13)20/h4-10,20H,1-3H3. The molecule has 102 valence electrons. The van der Waals surface area contributed by atoms with Gasteiger partial charge in [0.2, 0.25) is 0 Å². The SMILES string of the molecule is COc1cc(C)c2c(ccn2-c2ccccc2C)c1S. The summed E-state index contributed by atoms with van der Waals surface area (Å²) < 4.78 is 7.61. The van der Waals surface area contributed by atoms with E-state index >= 15 is 0 Å². The number of hydrogen-bond donors (Lipinski definition) is 1. The number of ether oxygens (including phenoxy) is 1. The van der Waals surface area contributed by atoms with Crippen LogP contribution in [0.5, 0.6) is 5.75 Å². The molecule has 0 saturated heterocycles. The molecular weight excluding hydrogens is 266 g/mol. The molecule has 0 fully saturated rings. The first-order valence-corrected chi connectivity index (χ1v) is 7.02. The van der Waals surface area contributed by atoms with Crippen molar-refractivity contribution in [2.75, 3.05) is 7.11 Å². The van der Waals surface area contributed by atoms with Crippen LogP contribution in [0.3, 0.4) is 0 Å². The Balaban J connectivity index is 2.35. The summed E-state index contributed by atoms with van der Waals surface area (Å²) in [6.45, 7) is 4.23. The minimum Gasteiger partial charge on any atom is -0.496 e. The predicted molar refractivity (Wildman–Crippen MR) is 86.6 cm³/mol. The van der Waals surface area contributed by atoms with E-state index in [9.17, 15) is 0 Å². The maximum Gasteiger partial charge on any atom is 0.133 e. The molecule has 0 aliphatic rings. The summed E-state index contributed by atoms with van der Waals surface area (Å²) in [4.78, 5) is 0.889. The van der Waals surface area contributed by atoms with Gasteiger partial charge in [-0.3, -0.25) is 0 Å². The zero-order chi connectivity index (χ0) is 14.3. The lowest BCUT2D eigenvalue weighted by Crippen LogP contribution is -1.97. The molecule has 3 heteroatoms. The number of benzene rings is 2. The summed E-state index contributed by atoms with van der Waals surface area (Å²) in [7, 11) is 1.68. The minimum absolute atomic E-state index is 0.820. The third-order valence-electron chi connectivity index (χ3n) is 3.69. The second-order valence-electron chi connectivity index (χ2n) is 4.98. The van der Waals surface area contributed by atoms with Gasteiger partial charge in [0.15, 0.2) is 0 Å². The third kappa shape index (κ3) is 1.90. The summed E-state index contributed by atoms with van der Waals surface area (Å²) in [6.07, 6.45) is 2.10. The van der Waals surface area contributed by atoms with Crippen molar-refractivity contribution in [1.82, 2.24) is 4.57 Å². The quantitative estimate of drug-likeness (QED) is 0.682. The summed E-state index contributed by atoms with van der Waals surface area (Å²) >= 11 is 4.60. The zero-order valence-electron chi connectivity index (χ0n) is 11.8. The molecular formula is C17H17NOS. The van der Waals surface area contributed by atoms with Crippen LogP contribution < -0.4 is 4.74 Å². The molecule has 1 heterocycles. The van der Waals surface area contributed by atoms with Crippen LogP contribution in [0.2, 0.25) is 0 Å². The lowest BCUT2D eigenvalue weighted by atomic mass is 10.1. The normalized spacial score (nSPS) is 11.0. The molecule has 3 aromatic rings. The van der Waals surface area contributed by atoms with Crippen LogP contribution in [0.25, 0.3) is 16.6 Å². The van der Waals surface area contributed by atoms with E-state index in [1.54, 1.807) is 7.11 Å². The van der Waals surface area contributed by atoms with Gasteiger partial charge in [-0.1, -0.05) is 18.2 Å². The monoisotopic (exact) mass is 283 g/mol. The van der Waals surface area contributed by atoms with Crippen molar-refractivity contribution in [1.29, 1.82) is 0 Å². The summed E-state index contributed by atoms with van der Waals surface area (Å²) in [5.74, 6) is 0.820. The zero-order valence-corrected chi connectivity index (χ0v) is 12.7. The van der Waals surface area contributed by atoms with Crippen LogP contribution in [-0.2, 0) is 0 Å². The number of aryl methyl sites for hydroxylation is 2. The molecule has 0 aliphatic carbocycles.